The molecule has 0 saturated heterocycles. The highest BCUT2D eigenvalue weighted by molar-refractivity contribution is 6.18. The fraction of sp³-hybridized carbons (Fsp3) is 0.0667. The minimum atomic E-state index is -1.32. The van der Waals surface area contributed by atoms with Crippen molar-refractivity contribution in [2.24, 2.45) is 4.99 Å². The second-order valence-electron chi connectivity index (χ2n) is 4.58. The third kappa shape index (κ3) is 2.64. The number of hydrogen-bond donors (Lipinski definition) is 3. The average Bonchev–Trinajstić information content (AvgIpc) is 2.65. The van der Waals surface area contributed by atoms with Crippen LogP contribution in [0.5, 0.6) is 0 Å². The van der Waals surface area contributed by atoms with Gasteiger partial charge in [0.05, 0.1) is 17.1 Å². The van der Waals surface area contributed by atoms with Gasteiger partial charge < -0.3 is 10.4 Å². The Morgan fingerprint density at radius 3 is 2.68 bits per heavy atom. The number of rotatable bonds is 2. The first-order valence-electron chi connectivity index (χ1n) is 6.54. The summed E-state index contributed by atoms with van der Waals surface area (Å²) < 4.78 is 0. The van der Waals surface area contributed by atoms with Gasteiger partial charge in [0.15, 0.2) is 0 Å². The molecule has 2 aromatic rings. The van der Waals surface area contributed by atoms with Crippen LogP contribution in [-0.4, -0.2) is 34.0 Å². The van der Waals surface area contributed by atoms with E-state index in [1.807, 2.05) is 6.07 Å². The second-order valence-corrected chi connectivity index (χ2v) is 4.58. The lowest BCUT2D eigenvalue weighted by Gasteiger charge is -2.10. The zero-order chi connectivity index (χ0) is 15.5. The van der Waals surface area contributed by atoms with E-state index in [9.17, 15) is 9.59 Å². The number of para-hydroxylation sites is 1. The third-order valence-electron chi connectivity index (χ3n) is 3.11. The van der Waals surface area contributed by atoms with Crippen LogP contribution in [0.4, 0.5) is 10.5 Å². The number of fused-ring (bicyclic) bond motifs is 1. The lowest BCUT2D eigenvalue weighted by atomic mass is 10.0. The topological polar surface area (TPSA) is 104 Å². The van der Waals surface area contributed by atoms with E-state index >= 15 is 0 Å². The third-order valence-corrected chi connectivity index (χ3v) is 3.11. The second kappa shape index (κ2) is 5.65. The van der Waals surface area contributed by atoms with E-state index in [2.05, 4.69) is 20.6 Å². The normalized spacial score (nSPS) is 16.8. The van der Waals surface area contributed by atoms with Gasteiger partial charge in [0.25, 0.3) is 5.91 Å². The van der Waals surface area contributed by atoms with Gasteiger partial charge in [-0.1, -0.05) is 24.3 Å². The first-order valence-corrected chi connectivity index (χ1v) is 6.54. The summed E-state index contributed by atoms with van der Waals surface area (Å²) >= 11 is 0. The number of pyridine rings is 1. The highest BCUT2D eigenvalue weighted by Crippen LogP contribution is 2.22. The predicted molar refractivity (Wildman–Crippen MR) is 79.9 cm³/mol. The van der Waals surface area contributed by atoms with Gasteiger partial charge in [-0.2, -0.15) is 0 Å². The number of amides is 2. The number of carboxylic acid groups (broad SMARTS) is 1. The monoisotopic (exact) mass is 296 g/mol. The molecule has 2 heterocycles. The molecule has 0 aliphatic carbocycles. The van der Waals surface area contributed by atoms with E-state index in [0.717, 1.165) is 0 Å². The summed E-state index contributed by atoms with van der Waals surface area (Å²) in [5, 5.41) is 13.6. The molecule has 3 N–H and O–H groups in total. The molecule has 7 nitrogen and oxygen atoms in total. The summed E-state index contributed by atoms with van der Waals surface area (Å²) in [6.07, 6.45) is -0.947. The minimum Gasteiger partial charge on any atom is -0.465 e. The van der Waals surface area contributed by atoms with E-state index in [1.54, 1.807) is 42.6 Å². The van der Waals surface area contributed by atoms with Gasteiger partial charge in [0.2, 0.25) is 6.17 Å². The number of nitrogens with one attached hydrogen (secondary N) is 2. The lowest BCUT2D eigenvalue weighted by molar-refractivity contribution is -0.117. The van der Waals surface area contributed by atoms with Crippen LogP contribution < -0.4 is 10.6 Å². The number of hydrogen-bond acceptors (Lipinski definition) is 4. The number of nitrogens with zero attached hydrogens (tertiary/aromatic N) is 2. The molecule has 0 saturated carbocycles. The van der Waals surface area contributed by atoms with Crippen LogP contribution in [0.1, 0.15) is 11.3 Å². The summed E-state index contributed by atoms with van der Waals surface area (Å²) in [6, 6.07) is 12.4. The molecule has 1 aromatic heterocycles. The van der Waals surface area contributed by atoms with Crippen LogP contribution in [0.25, 0.3) is 0 Å². The average molecular weight is 296 g/mol. The minimum absolute atomic E-state index is 0.452. The number of carbonyl (C=O) groups excluding carboxylic acids is 1. The first-order chi connectivity index (χ1) is 10.6. The van der Waals surface area contributed by atoms with Crippen molar-refractivity contribution in [1.29, 1.82) is 0 Å². The maximum Gasteiger partial charge on any atom is 0.406 e. The van der Waals surface area contributed by atoms with Crippen molar-refractivity contribution >= 4 is 23.4 Å². The lowest BCUT2D eigenvalue weighted by Crippen LogP contribution is -2.41. The van der Waals surface area contributed by atoms with Crippen molar-refractivity contribution in [2.45, 2.75) is 6.17 Å². The highest BCUT2D eigenvalue weighted by atomic mass is 16.4. The molecule has 0 radical (unpaired) electrons. The van der Waals surface area contributed by atoms with E-state index < -0.39 is 18.2 Å². The Balaban J connectivity index is 2.15. The zero-order valence-electron chi connectivity index (χ0n) is 11.4. The predicted octanol–water partition coefficient (Wildman–Crippen LogP) is 1.46. The van der Waals surface area contributed by atoms with Crippen LogP contribution in [0.2, 0.25) is 0 Å². The largest absolute Gasteiger partial charge is 0.465 e. The molecular formula is C15H12N4O3. The summed E-state index contributed by atoms with van der Waals surface area (Å²) in [5.74, 6) is -0.541. The van der Waals surface area contributed by atoms with E-state index in [1.165, 1.54) is 0 Å². The number of aliphatic imine (C=N–C) groups is 1. The Hall–Kier alpha value is -3.22. The molecule has 1 aromatic carbocycles. The fourth-order valence-electron chi connectivity index (χ4n) is 2.18. The van der Waals surface area contributed by atoms with Crippen molar-refractivity contribution in [3.63, 3.8) is 0 Å². The summed E-state index contributed by atoms with van der Waals surface area (Å²) in [4.78, 5) is 31.5. The molecule has 1 aliphatic heterocycles. The van der Waals surface area contributed by atoms with E-state index in [4.69, 9.17) is 5.11 Å². The van der Waals surface area contributed by atoms with E-state index in [0.29, 0.717) is 22.7 Å². The number of anilines is 1. The summed E-state index contributed by atoms with van der Waals surface area (Å²) in [5.41, 5.74) is 2.26. The Morgan fingerprint density at radius 2 is 1.95 bits per heavy atom. The van der Waals surface area contributed by atoms with Gasteiger partial charge in [-0.05, 0) is 18.2 Å². The number of carbonyl (C=O) groups is 2. The van der Waals surface area contributed by atoms with Crippen molar-refractivity contribution in [1.82, 2.24) is 10.3 Å². The quantitative estimate of drug-likeness (QED) is 0.780. The molecule has 2 amide bonds. The van der Waals surface area contributed by atoms with E-state index in [-0.39, 0.29) is 0 Å². The molecule has 1 atom stereocenters. The molecule has 0 spiro atoms. The maximum absolute atomic E-state index is 12.1. The van der Waals surface area contributed by atoms with Crippen LogP contribution in [0.15, 0.2) is 53.7 Å². The molecule has 1 unspecified atom stereocenters. The molecule has 1 aliphatic rings. The fourth-order valence-corrected chi connectivity index (χ4v) is 2.18. The number of benzodiazepines with no additional fused rings is 1. The molecular weight excluding hydrogens is 284 g/mol. The molecule has 110 valence electrons. The van der Waals surface area contributed by atoms with Crippen molar-refractivity contribution in [2.75, 3.05) is 5.32 Å². The Bertz CT molecular complexity index is 758. The summed E-state index contributed by atoms with van der Waals surface area (Å²) in [6.45, 7) is 0. The smallest absolute Gasteiger partial charge is 0.406 e. The van der Waals surface area contributed by atoms with Gasteiger partial charge >= 0.3 is 6.09 Å². The molecule has 22 heavy (non-hydrogen) atoms. The molecule has 0 bridgehead atoms. The van der Waals surface area contributed by atoms with Crippen LogP contribution >= 0.6 is 0 Å². The van der Waals surface area contributed by atoms with Gasteiger partial charge in [0.1, 0.15) is 0 Å². The first kappa shape index (κ1) is 13.7. The molecule has 3 rings (SSSR count). The zero-order valence-corrected chi connectivity index (χ0v) is 11.4. The SMILES string of the molecule is O=C(O)NC1N=C(c2ccccn2)c2ccccc2NC1=O. The van der Waals surface area contributed by atoms with Crippen molar-refractivity contribution < 1.29 is 14.7 Å². The Morgan fingerprint density at radius 1 is 1.18 bits per heavy atom. The van der Waals surface area contributed by atoms with Crippen LogP contribution in [0.3, 0.4) is 0 Å². The van der Waals surface area contributed by atoms with Gasteiger partial charge in [-0.25, -0.2) is 9.79 Å². The highest BCUT2D eigenvalue weighted by Gasteiger charge is 2.27. The Labute approximate surface area is 125 Å². The standard InChI is InChI=1S/C15H12N4O3/c20-14-13(19-15(21)22)18-12(11-7-3-4-8-16-11)9-5-1-2-6-10(9)17-14/h1-8,13,19H,(H,17,20)(H,21,22). The Kier molecular flexibility index (Phi) is 3.53. The summed E-state index contributed by atoms with van der Waals surface area (Å²) in [7, 11) is 0. The van der Waals surface area contributed by atoms with Gasteiger partial charge in [0, 0.05) is 11.8 Å². The number of aromatic nitrogens is 1. The van der Waals surface area contributed by atoms with Crippen molar-refractivity contribution in [3.05, 3.63) is 59.9 Å². The van der Waals surface area contributed by atoms with Crippen LogP contribution in [-0.2, 0) is 4.79 Å². The molecule has 7 heteroatoms. The van der Waals surface area contributed by atoms with Crippen molar-refractivity contribution in [3.8, 4) is 0 Å². The molecule has 0 fully saturated rings. The maximum atomic E-state index is 12.1. The van der Waals surface area contributed by atoms with Crippen LogP contribution in [0, 0.1) is 0 Å². The van der Waals surface area contributed by atoms with Gasteiger partial charge in [-0.15, -0.1) is 0 Å². The van der Waals surface area contributed by atoms with Gasteiger partial charge in [-0.3, -0.25) is 15.1 Å². The number of benzene rings is 1.